The predicted octanol–water partition coefficient (Wildman–Crippen LogP) is 4.52. The number of fused-ring (bicyclic) bond motifs is 1. The summed E-state index contributed by atoms with van der Waals surface area (Å²) in [4.78, 5) is 37.7. The number of hydrogen-bond donors (Lipinski definition) is 0. The van der Waals surface area contributed by atoms with Crippen molar-refractivity contribution in [3.8, 4) is 5.75 Å². The number of benzene rings is 2. The van der Waals surface area contributed by atoms with Crippen molar-refractivity contribution in [1.29, 1.82) is 0 Å². The maximum Gasteiger partial charge on any atom is 0.311 e. The fraction of sp³-hybridized carbons (Fsp3) is 0.286. The lowest BCUT2D eigenvalue weighted by atomic mass is 10.1. The Hall–Kier alpha value is -2.47. The number of ether oxygens (including phenoxy) is 1. The molecule has 0 bridgehead atoms. The average molecular weight is 430 g/mol. The fourth-order valence-electron chi connectivity index (χ4n) is 3.02. The smallest absolute Gasteiger partial charge is 0.311 e. The van der Waals surface area contributed by atoms with E-state index in [9.17, 15) is 14.4 Å². The zero-order valence-corrected chi connectivity index (χ0v) is 16.6. The van der Waals surface area contributed by atoms with E-state index in [1.807, 2.05) is 19.1 Å². The van der Waals surface area contributed by atoms with Gasteiger partial charge in [0.2, 0.25) is 0 Å². The molecule has 0 radical (unpaired) electrons. The summed E-state index contributed by atoms with van der Waals surface area (Å²) in [6, 6.07) is 12.3. The minimum absolute atomic E-state index is 0.236. The van der Waals surface area contributed by atoms with Crippen LogP contribution in [0, 0.1) is 6.92 Å². The Balaban J connectivity index is 1.40. The second kappa shape index (κ2) is 8.48. The van der Waals surface area contributed by atoms with Gasteiger partial charge in [0.1, 0.15) is 5.75 Å². The highest BCUT2D eigenvalue weighted by Gasteiger charge is 2.34. The van der Waals surface area contributed by atoms with Crippen LogP contribution in [0.1, 0.15) is 52.0 Å². The first kappa shape index (κ1) is 19.3. The summed E-state index contributed by atoms with van der Waals surface area (Å²) in [6.45, 7) is 2.30. The van der Waals surface area contributed by atoms with E-state index >= 15 is 0 Å². The predicted molar refractivity (Wildman–Crippen MR) is 105 cm³/mol. The van der Waals surface area contributed by atoms with Crippen LogP contribution in [0.3, 0.4) is 0 Å². The van der Waals surface area contributed by atoms with Crippen molar-refractivity contribution in [2.24, 2.45) is 0 Å². The van der Waals surface area contributed by atoms with Gasteiger partial charge in [-0.25, -0.2) is 0 Å². The molecule has 0 atom stereocenters. The number of amides is 2. The lowest BCUT2D eigenvalue weighted by Gasteiger charge is -2.13. The number of hydrogen-bond acceptors (Lipinski definition) is 4. The van der Waals surface area contributed by atoms with Gasteiger partial charge in [0.05, 0.1) is 11.1 Å². The molecule has 0 saturated heterocycles. The van der Waals surface area contributed by atoms with E-state index in [4.69, 9.17) is 4.74 Å². The van der Waals surface area contributed by atoms with E-state index in [2.05, 4.69) is 15.9 Å². The number of halogens is 1. The first-order valence-corrected chi connectivity index (χ1v) is 9.68. The summed E-state index contributed by atoms with van der Waals surface area (Å²) in [5.41, 5.74) is 1.94. The van der Waals surface area contributed by atoms with Crippen molar-refractivity contribution >= 4 is 33.7 Å². The van der Waals surface area contributed by atoms with Crippen LogP contribution in [-0.2, 0) is 4.79 Å². The second-order valence-corrected chi connectivity index (χ2v) is 7.36. The third-order valence-electron chi connectivity index (χ3n) is 4.50. The van der Waals surface area contributed by atoms with E-state index in [1.54, 1.807) is 30.3 Å². The SMILES string of the molecule is Cc1cc(OC(=O)CCCCCN2C(=O)c3ccccc3C2=O)ccc1Br. The van der Waals surface area contributed by atoms with Gasteiger partial charge in [0, 0.05) is 17.4 Å². The van der Waals surface area contributed by atoms with Gasteiger partial charge in [-0.3, -0.25) is 19.3 Å². The molecule has 27 heavy (non-hydrogen) atoms. The van der Waals surface area contributed by atoms with Crippen LogP contribution >= 0.6 is 15.9 Å². The molecule has 140 valence electrons. The summed E-state index contributed by atoms with van der Waals surface area (Å²) in [5.74, 6) is -0.217. The molecule has 2 amide bonds. The maximum atomic E-state index is 12.3. The Morgan fingerprint density at radius 3 is 2.30 bits per heavy atom. The summed E-state index contributed by atoms with van der Waals surface area (Å²) >= 11 is 3.41. The van der Waals surface area contributed by atoms with Crippen LogP contribution in [0.4, 0.5) is 0 Å². The van der Waals surface area contributed by atoms with Crippen LogP contribution in [-0.4, -0.2) is 29.2 Å². The van der Waals surface area contributed by atoms with Gasteiger partial charge in [-0.15, -0.1) is 0 Å². The number of nitrogens with zero attached hydrogens (tertiary/aromatic N) is 1. The summed E-state index contributed by atoms with van der Waals surface area (Å²) in [5, 5.41) is 0. The number of unbranched alkanes of at least 4 members (excludes halogenated alkanes) is 2. The molecule has 2 aromatic carbocycles. The van der Waals surface area contributed by atoms with E-state index in [0.29, 0.717) is 42.7 Å². The third kappa shape index (κ3) is 4.45. The highest BCUT2D eigenvalue weighted by Crippen LogP contribution is 2.23. The lowest BCUT2D eigenvalue weighted by molar-refractivity contribution is -0.134. The molecular formula is C21H20BrNO4. The van der Waals surface area contributed by atoms with E-state index < -0.39 is 0 Å². The van der Waals surface area contributed by atoms with Gasteiger partial charge in [-0.2, -0.15) is 0 Å². The Morgan fingerprint density at radius 1 is 1.00 bits per heavy atom. The molecule has 1 heterocycles. The van der Waals surface area contributed by atoms with E-state index in [-0.39, 0.29) is 17.8 Å². The Bertz CT molecular complexity index is 859. The fourth-order valence-corrected chi connectivity index (χ4v) is 3.27. The van der Waals surface area contributed by atoms with Crippen LogP contribution in [0.15, 0.2) is 46.9 Å². The molecule has 0 saturated carbocycles. The van der Waals surface area contributed by atoms with Gasteiger partial charge in [-0.1, -0.05) is 34.5 Å². The minimum atomic E-state index is -0.280. The van der Waals surface area contributed by atoms with Crippen molar-refractivity contribution in [2.45, 2.75) is 32.6 Å². The third-order valence-corrected chi connectivity index (χ3v) is 5.39. The quantitative estimate of drug-likeness (QED) is 0.281. The molecule has 5 nitrogen and oxygen atoms in total. The van der Waals surface area contributed by atoms with Gasteiger partial charge in [0.25, 0.3) is 11.8 Å². The molecular weight excluding hydrogens is 410 g/mol. The molecule has 1 aliphatic heterocycles. The summed E-state index contributed by atoms with van der Waals surface area (Å²) in [7, 11) is 0. The average Bonchev–Trinajstić information content (AvgIpc) is 2.89. The van der Waals surface area contributed by atoms with Crippen molar-refractivity contribution < 1.29 is 19.1 Å². The Kier molecular flexibility index (Phi) is 6.06. The van der Waals surface area contributed by atoms with Crippen LogP contribution < -0.4 is 4.74 Å². The maximum absolute atomic E-state index is 12.3. The molecule has 0 aliphatic carbocycles. The minimum Gasteiger partial charge on any atom is -0.427 e. The van der Waals surface area contributed by atoms with Gasteiger partial charge in [-0.05, 0) is 55.7 Å². The highest BCUT2D eigenvalue weighted by atomic mass is 79.9. The number of rotatable bonds is 7. The number of carbonyl (C=O) groups excluding carboxylic acids is 3. The second-order valence-electron chi connectivity index (χ2n) is 6.50. The number of esters is 1. The Morgan fingerprint density at radius 2 is 1.67 bits per heavy atom. The molecule has 0 aromatic heterocycles. The topological polar surface area (TPSA) is 63.7 Å². The first-order valence-electron chi connectivity index (χ1n) is 8.89. The van der Waals surface area contributed by atoms with Crippen LogP contribution in [0.25, 0.3) is 0 Å². The molecule has 0 fully saturated rings. The van der Waals surface area contributed by atoms with Gasteiger partial charge >= 0.3 is 5.97 Å². The molecule has 0 unspecified atom stereocenters. The monoisotopic (exact) mass is 429 g/mol. The molecule has 0 N–H and O–H groups in total. The molecule has 6 heteroatoms. The normalized spacial score (nSPS) is 13.0. The largest absolute Gasteiger partial charge is 0.427 e. The zero-order chi connectivity index (χ0) is 19.4. The number of imide groups is 1. The molecule has 2 aromatic rings. The van der Waals surface area contributed by atoms with Crippen molar-refractivity contribution in [1.82, 2.24) is 4.90 Å². The first-order chi connectivity index (χ1) is 13.0. The Labute approximate surface area is 166 Å². The van der Waals surface area contributed by atoms with Crippen LogP contribution in [0.2, 0.25) is 0 Å². The van der Waals surface area contributed by atoms with Crippen molar-refractivity contribution in [3.05, 3.63) is 63.6 Å². The van der Waals surface area contributed by atoms with E-state index in [0.717, 1.165) is 16.5 Å². The standard InChI is InChI=1S/C21H20BrNO4/c1-14-13-15(10-11-18(14)22)27-19(24)9-3-2-6-12-23-20(25)16-7-4-5-8-17(16)21(23)26/h4-5,7-8,10-11,13H,2-3,6,9,12H2,1H3. The van der Waals surface area contributed by atoms with Gasteiger partial charge in [0.15, 0.2) is 0 Å². The number of aryl methyl sites for hydroxylation is 1. The van der Waals surface area contributed by atoms with Crippen LogP contribution in [0.5, 0.6) is 5.75 Å². The van der Waals surface area contributed by atoms with E-state index in [1.165, 1.54) is 4.90 Å². The zero-order valence-electron chi connectivity index (χ0n) is 15.0. The van der Waals surface area contributed by atoms with Crippen molar-refractivity contribution in [3.63, 3.8) is 0 Å². The van der Waals surface area contributed by atoms with Gasteiger partial charge < -0.3 is 4.74 Å². The molecule has 1 aliphatic rings. The number of carbonyl (C=O) groups is 3. The lowest BCUT2D eigenvalue weighted by Crippen LogP contribution is -2.30. The van der Waals surface area contributed by atoms with Crippen molar-refractivity contribution in [2.75, 3.05) is 6.54 Å². The highest BCUT2D eigenvalue weighted by molar-refractivity contribution is 9.10. The molecule has 0 spiro atoms. The molecule has 3 rings (SSSR count). The summed E-state index contributed by atoms with van der Waals surface area (Å²) < 4.78 is 6.30. The summed E-state index contributed by atoms with van der Waals surface area (Å²) in [6.07, 6.45) is 2.35.